The van der Waals surface area contributed by atoms with Crippen LogP contribution in [-0.4, -0.2) is 55.0 Å². The van der Waals surface area contributed by atoms with E-state index in [0.717, 1.165) is 45.0 Å². The summed E-state index contributed by atoms with van der Waals surface area (Å²) >= 11 is 0. The Morgan fingerprint density at radius 1 is 0.962 bits per heavy atom. The predicted octanol–water partition coefficient (Wildman–Crippen LogP) is 3.45. The van der Waals surface area contributed by atoms with E-state index in [1.54, 1.807) is 0 Å². The summed E-state index contributed by atoms with van der Waals surface area (Å²) in [7, 11) is 0. The lowest BCUT2D eigenvalue weighted by atomic mass is 10.2. The first-order chi connectivity index (χ1) is 12.7. The van der Waals surface area contributed by atoms with Crippen molar-refractivity contribution in [2.45, 2.75) is 13.3 Å². The summed E-state index contributed by atoms with van der Waals surface area (Å²) in [5.74, 6) is 1.43. The van der Waals surface area contributed by atoms with Crippen LogP contribution in [0.2, 0.25) is 0 Å². The molecule has 0 spiro atoms. The second kappa shape index (κ2) is 9.36. The molecule has 1 aliphatic heterocycles. The molecule has 0 aliphatic carbocycles. The van der Waals surface area contributed by atoms with Gasteiger partial charge in [0.2, 0.25) is 5.91 Å². The number of piperazine rings is 1. The molecule has 0 radical (unpaired) electrons. The summed E-state index contributed by atoms with van der Waals surface area (Å²) in [5, 5.41) is 2.99. The normalized spacial score (nSPS) is 15.6. The summed E-state index contributed by atoms with van der Waals surface area (Å²) in [6.07, 6.45) is 0.492. The lowest BCUT2D eigenvalue weighted by molar-refractivity contribution is -0.116. The lowest BCUT2D eigenvalue weighted by Gasteiger charge is -2.33. The molecule has 1 N–H and O–H groups in total. The van der Waals surface area contributed by atoms with E-state index in [1.807, 2.05) is 54.6 Å². The van der Waals surface area contributed by atoms with Gasteiger partial charge in [-0.05, 0) is 30.8 Å². The third-order valence-corrected chi connectivity index (χ3v) is 4.70. The molecule has 1 saturated heterocycles. The van der Waals surface area contributed by atoms with E-state index in [4.69, 9.17) is 4.74 Å². The quantitative estimate of drug-likeness (QED) is 0.828. The van der Waals surface area contributed by atoms with Gasteiger partial charge in [-0.15, -0.1) is 0 Å². The highest BCUT2D eigenvalue weighted by atomic mass is 16.5. The Morgan fingerprint density at radius 3 is 2.35 bits per heavy atom. The van der Waals surface area contributed by atoms with Crippen molar-refractivity contribution in [2.24, 2.45) is 0 Å². The average molecular weight is 353 g/mol. The molecular formula is C21H27N3O2. The summed E-state index contributed by atoms with van der Waals surface area (Å²) in [4.78, 5) is 17.2. The summed E-state index contributed by atoms with van der Waals surface area (Å²) in [6, 6.07) is 17.1. The van der Waals surface area contributed by atoms with Gasteiger partial charge in [-0.1, -0.05) is 37.3 Å². The van der Waals surface area contributed by atoms with Crippen LogP contribution in [0.25, 0.3) is 0 Å². The second-order valence-electron chi connectivity index (χ2n) is 6.49. The fraction of sp³-hybridized carbons (Fsp3) is 0.381. The number of anilines is 1. The fourth-order valence-electron chi connectivity index (χ4n) is 3.08. The summed E-state index contributed by atoms with van der Waals surface area (Å²) in [6.45, 7) is 8.34. The average Bonchev–Trinajstić information content (AvgIpc) is 2.69. The van der Waals surface area contributed by atoms with Gasteiger partial charge in [-0.2, -0.15) is 0 Å². The number of amides is 1. The minimum absolute atomic E-state index is 0.0204. The largest absolute Gasteiger partial charge is 0.455 e. The van der Waals surface area contributed by atoms with Crippen LogP contribution >= 0.6 is 0 Å². The molecule has 1 aliphatic rings. The zero-order valence-corrected chi connectivity index (χ0v) is 15.4. The van der Waals surface area contributed by atoms with Gasteiger partial charge in [-0.25, -0.2) is 0 Å². The fourth-order valence-corrected chi connectivity index (χ4v) is 3.08. The Bertz CT molecular complexity index is 697. The highest BCUT2D eigenvalue weighted by Crippen LogP contribution is 2.29. The van der Waals surface area contributed by atoms with Crippen molar-refractivity contribution in [3.63, 3.8) is 0 Å². The highest BCUT2D eigenvalue weighted by molar-refractivity contribution is 5.92. The number of nitrogens with zero attached hydrogens (tertiary/aromatic N) is 2. The van der Waals surface area contributed by atoms with Crippen LogP contribution in [0.3, 0.4) is 0 Å². The zero-order chi connectivity index (χ0) is 18.2. The zero-order valence-electron chi connectivity index (χ0n) is 15.4. The number of nitrogens with one attached hydrogen (secondary N) is 1. The van der Waals surface area contributed by atoms with Crippen molar-refractivity contribution in [2.75, 3.05) is 44.6 Å². The number of ether oxygens (including phenoxy) is 1. The van der Waals surface area contributed by atoms with Crippen LogP contribution in [0.4, 0.5) is 5.69 Å². The van der Waals surface area contributed by atoms with Gasteiger partial charge in [0.25, 0.3) is 0 Å². The molecular weight excluding hydrogens is 326 g/mol. The van der Waals surface area contributed by atoms with E-state index >= 15 is 0 Å². The smallest absolute Gasteiger partial charge is 0.225 e. The maximum absolute atomic E-state index is 12.4. The number of para-hydroxylation sites is 3. The Labute approximate surface area is 155 Å². The van der Waals surface area contributed by atoms with E-state index in [2.05, 4.69) is 22.0 Å². The number of rotatable bonds is 7. The summed E-state index contributed by atoms with van der Waals surface area (Å²) < 4.78 is 5.90. The number of carbonyl (C=O) groups is 1. The Morgan fingerprint density at radius 2 is 1.62 bits per heavy atom. The lowest BCUT2D eigenvalue weighted by Crippen LogP contribution is -2.46. The third kappa shape index (κ3) is 5.31. The van der Waals surface area contributed by atoms with Gasteiger partial charge in [0.05, 0.1) is 5.69 Å². The molecule has 26 heavy (non-hydrogen) atoms. The van der Waals surface area contributed by atoms with Crippen LogP contribution in [0.15, 0.2) is 54.6 Å². The minimum atomic E-state index is 0.0204. The number of hydrogen-bond acceptors (Lipinski definition) is 4. The first kappa shape index (κ1) is 18.4. The molecule has 0 aromatic heterocycles. The molecule has 5 nitrogen and oxygen atoms in total. The van der Waals surface area contributed by atoms with Gasteiger partial charge in [0.15, 0.2) is 5.75 Å². The van der Waals surface area contributed by atoms with Crippen molar-refractivity contribution in [3.8, 4) is 11.5 Å². The Hall–Kier alpha value is -2.37. The van der Waals surface area contributed by atoms with Crippen molar-refractivity contribution in [3.05, 3.63) is 54.6 Å². The van der Waals surface area contributed by atoms with E-state index in [0.29, 0.717) is 17.9 Å². The van der Waals surface area contributed by atoms with E-state index < -0.39 is 0 Å². The van der Waals surface area contributed by atoms with Crippen LogP contribution in [-0.2, 0) is 4.79 Å². The molecule has 2 aromatic carbocycles. The molecule has 5 heteroatoms. The predicted molar refractivity (Wildman–Crippen MR) is 105 cm³/mol. The molecule has 0 saturated carbocycles. The van der Waals surface area contributed by atoms with Crippen LogP contribution < -0.4 is 10.1 Å². The van der Waals surface area contributed by atoms with Gasteiger partial charge in [-0.3, -0.25) is 4.79 Å². The molecule has 1 heterocycles. The Balaban J connectivity index is 1.51. The van der Waals surface area contributed by atoms with Crippen molar-refractivity contribution >= 4 is 11.6 Å². The van der Waals surface area contributed by atoms with Gasteiger partial charge < -0.3 is 19.9 Å². The highest BCUT2D eigenvalue weighted by Gasteiger charge is 2.16. The first-order valence-corrected chi connectivity index (χ1v) is 9.31. The standard InChI is InChI=1S/C21H27N3O2/c1-2-23-14-16-24(17-15-23)13-12-21(25)22-19-10-6-7-11-20(19)26-18-8-4-3-5-9-18/h3-11H,2,12-17H2,1H3,(H,22,25). The van der Waals surface area contributed by atoms with E-state index in [9.17, 15) is 4.79 Å². The molecule has 1 amide bonds. The third-order valence-electron chi connectivity index (χ3n) is 4.70. The van der Waals surface area contributed by atoms with E-state index in [-0.39, 0.29) is 5.91 Å². The van der Waals surface area contributed by atoms with Crippen molar-refractivity contribution in [1.29, 1.82) is 0 Å². The van der Waals surface area contributed by atoms with Crippen molar-refractivity contribution < 1.29 is 9.53 Å². The van der Waals surface area contributed by atoms with E-state index in [1.165, 1.54) is 0 Å². The van der Waals surface area contributed by atoms with Gasteiger partial charge in [0, 0.05) is 39.1 Å². The molecule has 0 unspecified atom stereocenters. The molecule has 1 fully saturated rings. The van der Waals surface area contributed by atoms with Gasteiger partial charge in [0.1, 0.15) is 5.75 Å². The number of benzene rings is 2. The minimum Gasteiger partial charge on any atom is -0.455 e. The monoisotopic (exact) mass is 353 g/mol. The number of carbonyl (C=O) groups excluding carboxylic acids is 1. The van der Waals surface area contributed by atoms with Crippen LogP contribution in [0.1, 0.15) is 13.3 Å². The van der Waals surface area contributed by atoms with Gasteiger partial charge >= 0.3 is 0 Å². The molecule has 138 valence electrons. The SMILES string of the molecule is CCN1CCN(CCC(=O)Nc2ccccc2Oc2ccccc2)CC1. The molecule has 2 aromatic rings. The maximum atomic E-state index is 12.4. The van der Waals surface area contributed by atoms with Crippen molar-refractivity contribution in [1.82, 2.24) is 9.80 Å². The summed E-state index contributed by atoms with van der Waals surface area (Å²) in [5.41, 5.74) is 0.706. The molecule has 3 rings (SSSR count). The Kier molecular flexibility index (Phi) is 6.63. The molecule has 0 bridgehead atoms. The second-order valence-corrected chi connectivity index (χ2v) is 6.49. The first-order valence-electron chi connectivity index (χ1n) is 9.31. The topological polar surface area (TPSA) is 44.8 Å². The molecule has 0 atom stereocenters. The number of likely N-dealkylation sites (N-methyl/N-ethyl adjacent to an activating group) is 1. The number of hydrogen-bond donors (Lipinski definition) is 1. The van der Waals surface area contributed by atoms with Crippen LogP contribution in [0, 0.1) is 0 Å². The van der Waals surface area contributed by atoms with Crippen LogP contribution in [0.5, 0.6) is 11.5 Å². The maximum Gasteiger partial charge on any atom is 0.225 e.